The summed E-state index contributed by atoms with van der Waals surface area (Å²) in [5, 5.41) is 89.1. The first-order chi connectivity index (χ1) is 24.6. The summed E-state index contributed by atoms with van der Waals surface area (Å²) >= 11 is 0. The third kappa shape index (κ3) is 7.86. The van der Waals surface area contributed by atoms with E-state index in [1.54, 1.807) is 0 Å². The van der Waals surface area contributed by atoms with Crippen LogP contribution < -0.4 is 4.74 Å². The van der Waals surface area contributed by atoms with Crippen LogP contribution in [0.1, 0.15) is 39.8 Å². The predicted molar refractivity (Wildman–Crippen MR) is 175 cm³/mol. The van der Waals surface area contributed by atoms with Crippen molar-refractivity contribution in [3.8, 4) is 46.0 Å². The van der Waals surface area contributed by atoms with Gasteiger partial charge >= 0.3 is 23.9 Å². The van der Waals surface area contributed by atoms with Gasteiger partial charge in [-0.1, -0.05) is 24.3 Å². The van der Waals surface area contributed by atoms with Crippen LogP contribution in [0.2, 0.25) is 0 Å². The average molecular weight is 719 g/mol. The van der Waals surface area contributed by atoms with E-state index in [1.165, 1.54) is 24.3 Å². The van der Waals surface area contributed by atoms with Gasteiger partial charge in [-0.25, -0.2) is 14.4 Å². The number of carboxylic acids is 2. The highest BCUT2D eigenvalue weighted by molar-refractivity contribution is 5.92. The Balaban J connectivity index is 1.47. The van der Waals surface area contributed by atoms with Crippen LogP contribution in [0.4, 0.5) is 0 Å². The van der Waals surface area contributed by atoms with Crippen LogP contribution in [0, 0.1) is 0 Å². The van der Waals surface area contributed by atoms with Gasteiger partial charge in [-0.15, -0.1) is 0 Å². The first kappa shape index (κ1) is 36.2. The zero-order chi connectivity index (χ0) is 37.9. The number of rotatable bonds is 12. The maximum absolute atomic E-state index is 13.9. The van der Waals surface area contributed by atoms with Crippen molar-refractivity contribution in [2.75, 3.05) is 0 Å². The maximum Gasteiger partial charge on any atom is 0.345 e. The molecule has 4 atom stereocenters. The topological polar surface area (TPSA) is 278 Å². The Hall–Kier alpha value is -7.10. The number of carbonyl (C=O) groups is 4. The highest BCUT2D eigenvalue weighted by Crippen LogP contribution is 2.53. The van der Waals surface area contributed by atoms with Gasteiger partial charge in [0.15, 0.2) is 46.0 Å². The monoisotopic (exact) mass is 718 g/mol. The number of phenols is 7. The summed E-state index contributed by atoms with van der Waals surface area (Å²) in [6.07, 6.45) is -3.85. The second kappa shape index (κ2) is 14.8. The van der Waals surface area contributed by atoms with E-state index in [0.29, 0.717) is 0 Å². The van der Waals surface area contributed by atoms with E-state index in [1.807, 2.05) is 0 Å². The Bertz CT molecular complexity index is 2090. The Morgan fingerprint density at radius 2 is 1.13 bits per heavy atom. The second-order valence-electron chi connectivity index (χ2n) is 11.6. The van der Waals surface area contributed by atoms with Crippen LogP contribution in [-0.2, 0) is 41.5 Å². The van der Waals surface area contributed by atoms with E-state index in [-0.39, 0.29) is 40.0 Å². The molecule has 0 bridgehead atoms. The molecule has 1 aliphatic rings. The van der Waals surface area contributed by atoms with Crippen LogP contribution in [0.25, 0.3) is 6.08 Å². The fraction of sp³-hybridized carbons (Fsp3) is 0.167. The number of ether oxygens (including phenoxy) is 3. The molecule has 2 unspecified atom stereocenters. The molecule has 1 aliphatic heterocycles. The molecule has 52 heavy (non-hydrogen) atoms. The number of carbonyl (C=O) groups excluding carboxylic acids is 2. The highest BCUT2D eigenvalue weighted by Gasteiger charge is 2.46. The van der Waals surface area contributed by atoms with Gasteiger partial charge in [0.2, 0.25) is 12.2 Å². The molecule has 0 spiro atoms. The molecular formula is C36H30O16. The summed E-state index contributed by atoms with van der Waals surface area (Å²) in [5.74, 6) is -10.8. The van der Waals surface area contributed by atoms with Crippen molar-refractivity contribution in [3.05, 3.63) is 101 Å². The molecule has 16 heteroatoms. The third-order valence-corrected chi connectivity index (χ3v) is 8.04. The quantitative estimate of drug-likeness (QED) is 0.0577. The Labute approximate surface area is 292 Å². The summed E-state index contributed by atoms with van der Waals surface area (Å²) in [5.41, 5.74) is 0.445. The molecule has 1 heterocycles. The molecule has 0 aliphatic carbocycles. The second-order valence-corrected chi connectivity index (χ2v) is 11.6. The maximum atomic E-state index is 13.9. The minimum Gasteiger partial charge on any atom is -0.504 e. The van der Waals surface area contributed by atoms with E-state index in [4.69, 9.17) is 14.2 Å². The SMILES string of the molecule is O=C(/C=C/c1ccc(O)c2c1[C@H](C(=O)OC(Cc1ccc(O)c(O)c1)C(=O)O)[C@@H](c1ccc(O)c(O)c1)O2)OC(Cc1ccc(O)c(O)c1)C(=O)O. The molecule has 0 fully saturated rings. The van der Waals surface area contributed by atoms with E-state index in [0.717, 1.165) is 54.6 Å². The smallest absolute Gasteiger partial charge is 0.345 e. The van der Waals surface area contributed by atoms with Gasteiger partial charge in [-0.05, 0) is 70.8 Å². The third-order valence-electron chi connectivity index (χ3n) is 8.04. The van der Waals surface area contributed by atoms with Crippen LogP contribution in [0.15, 0.2) is 72.8 Å². The Morgan fingerprint density at radius 1 is 0.635 bits per heavy atom. The highest BCUT2D eigenvalue weighted by atomic mass is 16.6. The minimum atomic E-state index is -1.84. The first-order valence-electron chi connectivity index (χ1n) is 15.2. The number of hydrogen-bond acceptors (Lipinski definition) is 14. The lowest BCUT2D eigenvalue weighted by atomic mass is 9.87. The summed E-state index contributed by atoms with van der Waals surface area (Å²) in [4.78, 5) is 50.9. The van der Waals surface area contributed by atoms with Gasteiger partial charge in [0.25, 0.3) is 0 Å². The molecule has 0 aromatic heterocycles. The zero-order valence-corrected chi connectivity index (χ0v) is 26.6. The van der Waals surface area contributed by atoms with Crippen LogP contribution in [0.3, 0.4) is 0 Å². The summed E-state index contributed by atoms with van der Waals surface area (Å²) in [7, 11) is 0. The lowest BCUT2D eigenvalue weighted by Crippen LogP contribution is -2.33. The summed E-state index contributed by atoms with van der Waals surface area (Å²) in [6.45, 7) is 0. The molecule has 0 amide bonds. The Morgan fingerprint density at radius 3 is 1.65 bits per heavy atom. The Kier molecular flexibility index (Phi) is 10.3. The molecule has 5 rings (SSSR count). The predicted octanol–water partition coefficient (Wildman–Crippen LogP) is 3.33. The number of carboxylic acid groups (broad SMARTS) is 2. The van der Waals surface area contributed by atoms with Crippen molar-refractivity contribution in [1.82, 2.24) is 0 Å². The number of phenolic OH excluding ortho intramolecular Hbond substituents is 7. The lowest BCUT2D eigenvalue weighted by Gasteiger charge is -2.22. The van der Waals surface area contributed by atoms with E-state index in [2.05, 4.69) is 0 Å². The lowest BCUT2D eigenvalue weighted by molar-refractivity contribution is -0.166. The van der Waals surface area contributed by atoms with Crippen molar-refractivity contribution < 1.29 is 79.3 Å². The van der Waals surface area contributed by atoms with E-state index in [9.17, 15) is 65.1 Å². The van der Waals surface area contributed by atoms with Gasteiger partial charge in [-0.3, -0.25) is 4.79 Å². The zero-order valence-electron chi connectivity index (χ0n) is 26.6. The van der Waals surface area contributed by atoms with Crippen molar-refractivity contribution in [1.29, 1.82) is 0 Å². The molecular weight excluding hydrogens is 688 g/mol. The van der Waals surface area contributed by atoms with Crippen molar-refractivity contribution in [2.45, 2.75) is 37.1 Å². The van der Waals surface area contributed by atoms with E-state index >= 15 is 0 Å². The van der Waals surface area contributed by atoms with Crippen molar-refractivity contribution in [2.24, 2.45) is 0 Å². The van der Waals surface area contributed by atoms with Crippen LogP contribution >= 0.6 is 0 Å². The number of aromatic hydroxyl groups is 7. The number of fused-ring (bicyclic) bond motifs is 1. The normalized spacial score (nSPS) is 16.0. The van der Waals surface area contributed by atoms with Gasteiger partial charge in [0.05, 0.1) is 0 Å². The number of benzene rings is 4. The summed E-state index contributed by atoms with van der Waals surface area (Å²) < 4.78 is 16.5. The standard InChI is InChI=1S/C36H30O16/c37-20-6-1-16(11-24(20)41)13-27(34(45)46)50-29(44)10-5-18-3-9-23(40)33-30(18)31(32(52-33)19-4-8-22(39)26(43)15-19)36(49)51-28(35(47)48)14-17-2-7-21(38)25(42)12-17/h1-12,15,27-28,31-32,37-43H,13-14H2,(H,45,46)(H,47,48)/b10-5+/t27?,28?,31-,32+/m0/s1. The summed E-state index contributed by atoms with van der Waals surface area (Å²) in [6, 6.07) is 13.0. The van der Waals surface area contributed by atoms with Crippen LogP contribution in [0.5, 0.6) is 46.0 Å². The molecule has 270 valence electrons. The molecule has 9 N–H and O–H groups in total. The molecule has 16 nitrogen and oxygen atoms in total. The molecule has 4 aromatic rings. The molecule has 0 radical (unpaired) electrons. The number of esters is 2. The molecule has 4 aromatic carbocycles. The number of aliphatic carboxylic acids is 2. The van der Waals surface area contributed by atoms with Gasteiger partial charge in [0, 0.05) is 24.5 Å². The minimum absolute atomic E-state index is 0.0443. The first-order valence-corrected chi connectivity index (χ1v) is 15.2. The van der Waals surface area contributed by atoms with Gasteiger partial charge in [-0.2, -0.15) is 0 Å². The van der Waals surface area contributed by atoms with Crippen molar-refractivity contribution >= 4 is 30.0 Å². The van der Waals surface area contributed by atoms with Gasteiger partial charge in [0.1, 0.15) is 12.0 Å². The fourth-order valence-corrected chi connectivity index (χ4v) is 5.49. The van der Waals surface area contributed by atoms with Crippen molar-refractivity contribution in [3.63, 3.8) is 0 Å². The number of hydrogen-bond donors (Lipinski definition) is 9. The molecule has 0 saturated heterocycles. The fourth-order valence-electron chi connectivity index (χ4n) is 5.49. The van der Waals surface area contributed by atoms with Gasteiger partial charge < -0.3 is 60.2 Å². The molecule has 0 saturated carbocycles. The van der Waals surface area contributed by atoms with Crippen LogP contribution in [-0.4, -0.2) is 82.0 Å². The van der Waals surface area contributed by atoms with E-state index < -0.39 is 94.8 Å². The average Bonchev–Trinajstić information content (AvgIpc) is 3.50. The largest absolute Gasteiger partial charge is 0.504 e.